The van der Waals surface area contributed by atoms with E-state index in [1.54, 1.807) is 7.11 Å². The quantitative estimate of drug-likeness (QED) is 0.871. The molecule has 0 aromatic heterocycles. The molecule has 0 saturated carbocycles. The number of methoxy groups -OCH3 is 1. The Balaban J connectivity index is 1.73. The van der Waals surface area contributed by atoms with E-state index < -0.39 is 0 Å². The van der Waals surface area contributed by atoms with Crippen molar-refractivity contribution in [2.45, 2.75) is 12.7 Å². The highest BCUT2D eigenvalue weighted by Crippen LogP contribution is 2.23. The smallest absolute Gasteiger partial charge is 0.254 e. The van der Waals surface area contributed by atoms with Crippen LogP contribution in [-0.2, 0) is 16.1 Å². The molecule has 0 spiro atoms. The summed E-state index contributed by atoms with van der Waals surface area (Å²) in [6, 6.07) is 17.7. The Hall–Kier alpha value is -2.17. The number of hydrogen-bond donors (Lipinski definition) is 0. The van der Waals surface area contributed by atoms with E-state index in [0.29, 0.717) is 31.9 Å². The Kier molecular flexibility index (Phi) is 5.05. The fourth-order valence-electron chi connectivity index (χ4n) is 2.85. The van der Waals surface area contributed by atoms with E-state index in [-0.39, 0.29) is 12.0 Å². The third-order valence-electron chi connectivity index (χ3n) is 4.01. The number of morpholine rings is 1. The van der Waals surface area contributed by atoms with E-state index in [4.69, 9.17) is 9.47 Å². The number of carbonyl (C=O) groups excluding carboxylic acids is 1. The van der Waals surface area contributed by atoms with E-state index in [2.05, 4.69) is 0 Å². The summed E-state index contributed by atoms with van der Waals surface area (Å²) >= 11 is 0. The molecule has 0 bridgehead atoms. The third kappa shape index (κ3) is 3.78. The first-order valence-electron chi connectivity index (χ1n) is 7.81. The second kappa shape index (κ2) is 7.40. The monoisotopic (exact) mass is 311 g/mol. The Morgan fingerprint density at radius 1 is 1.22 bits per heavy atom. The van der Waals surface area contributed by atoms with Crippen molar-refractivity contribution in [2.75, 3.05) is 26.8 Å². The van der Waals surface area contributed by atoms with Crippen LogP contribution in [0.1, 0.15) is 27.6 Å². The summed E-state index contributed by atoms with van der Waals surface area (Å²) in [6.07, 6.45) is -0.0592. The highest BCUT2D eigenvalue weighted by Gasteiger charge is 2.26. The molecule has 1 saturated heterocycles. The van der Waals surface area contributed by atoms with Gasteiger partial charge in [0.15, 0.2) is 0 Å². The van der Waals surface area contributed by atoms with Gasteiger partial charge in [0.05, 0.1) is 19.8 Å². The van der Waals surface area contributed by atoms with Gasteiger partial charge < -0.3 is 14.4 Å². The van der Waals surface area contributed by atoms with E-state index in [1.807, 2.05) is 59.5 Å². The van der Waals surface area contributed by atoms with Crippen LogP contribution in [-0.4, -0.2) is 37.6 Å². The van der Waals surface area contributed by atoms with Crippen LogP contribution in [0, 0.1) is 0 Å². The van der Waals surface area contributed by atoms with Crippen LogP contribution in [0.15, 0.2) is 54.6 Å². The van der Waals surface area contributed by atoms with Gasteiger partial charge in [-0.15, -0.1) is 0 Å². The van der Waals surface area contributed by atoms with Crippen molar-refractivity contribution >= 4 is 5.91 Å². The minimum Gasteiger partial charge on any atom is -0.380 e. The van der Waals surface area contributed by atoms with E-state index >= 15 is 0 Å². The van der Waals surface area contributed by atoms with Gasteiger partial charge in [0.1, 0.15) is 6.10 Å². The topological polar surface area (TPSA) is 38.8 Å². The van der Waals surface area contributed by atoms with E-state index in [0.717, 1.165) is 11.1 Å². The van der Waals surface area contributed by atoms with Gasteiger partial charge in [-0.05, 0) is 23.3 Å². The molecule has 2 aromatic rings. The van der Waals surface area contributed by atoms with Crippen molar-refractivity contribution in [3.05, 3.63) is 71.3 Å². The van der Waals surface area contributed by atoms with Gasteiger partial charge in [-0.2, -0.15) is 0 Å². The number of nitrogens with zero attached hydrogens (tertiary/aromatic N) is 1. The minimum absolute atomic E-state index is 0.0483. The Morgan fingerprint density at radius 3 is 2.83 bits per heavy atom. The molecule has 1 amide bonds. The zero-order chi connectivity index (χ0) is 16.1. The molecule has 120 valence electrons. The van der Waals surface area contributed by atoms with Gasteiger partial charge in [-0.1, -0.05) is 42.5 Å². The van der Waals surface area contributed by atoms with Gasteiger partial charge in [0.2, 0.25) is 0 Å². The first-order chi connectivity index (χ1) is 11.3. The number of benzene rings is 2. The summed E-state index contributed by atoms with van der Waals surface area (Å²) < 4.78 is 11.0. The third-order valence-corrected chi connectivity index (χ3v) is 4.01. The first kappa shape index (κ1) is 15.7. The van der Waals surface area contributed by atoms with Gasteiger partial charge in [-0.3, -0.25) is 4.79 Å². The summed E-state index contributed by atoms with van der Waals surface area (Å²) in [4.78, 5) is 14.6. The average molecular weight is 311 g/mol. The zero-order valence-corrected chi connectivity index (χ0v) is 13.3. The lowest BCUT2D eigenvalue weighted by Gasteiger charge is -2.33. The standard InChI is InChI=1S/C19H21NO3/c1-22-14-15-6-5-9-17(12-15)19(21)20-10-11-23-18(13-20)16-7-3-2-4-8-16/h2-9,12,18H,10-11,13-14H2,1H3. The maximum atomic E-state index is 12.8. The molecule has 4 nitrogen and oxygen atoms in total. The van der Waals surface area contributed by atoms with Crippen LogP contribution < -0.4 is 0 Å². The molecular weight excluding hydrogens is 290 g/mol. The number of amides is 1. The molecule has 1 heterocycles. The van der Waals surface area contributed by atoms with Crippen molar-refractivity contribution < 1.29 is 14.3 Å². The summed E-state index contributed by atoms with van der Waals surface area (Å²) in [5.74, 6) is 0.0483. The fraction of sp³-hybridized carbons (Fsp3) is 0.316. The van der Waals surface area contributed by atoms with Crippen LogP contribution in [0.2, 0.25) is 0 Å². The molecule has 3 rings (SSSR count). The fourth-order valence-corrected chi connectivity index (χ4v) is 2.85. The van der Waals surface area contributed by atoms with Crippen LogP contribution in [0.5, 0.6) is 0 Å². The van der Waals surface area contributed by atoms with E-state index in [9.17, 15) is 4.79 Å². The maximum absolute atomic E-state index is 12.8. The molecule has 1 atom stereocenters. The number of carbonyl (C=O) groups is 1. The molecule has 1 aliphatic rings. The Labute approximate surface area is 136 Å². The number of rotatable bonds is 4. The van der Waals surface area contributed by atoms with Crippen LogP contribution in [0.25, 0.3) is 0 Å². The summed E-state index contributed by atoms with van der Waals surface area (Å²) in [5, 5.41) is 0. The highest BCUT2D eigenvalue weighted by molar-refractivity contribution is 5.94. The van der Waals surface area contributed by atoms with E-state index in [1.165, 1.54) is 0 Å². The maximum Gasteiger partial charge on any atom is 0.254 e. The Morgan fingerprint density at radius 2 is 2.04 bits per heavy atom. The second-order valence-corrected chi connectivity index (χ2v) is 5.65. The molecule has 0 radical (unpaired) electrons. The summed E-state index contributed by atoms with van der Waals surface area (Å²) in [6.45, 7) is 2.27. The van der Waals surface area contributed by atoms with Crippen molar-refractivity contribution in [3.63, 3.8) is 0 Å². The van der Waals surface area contributed by atoms with Crippen molar-refractivity contribution in [1.82, 2.24) is 4.90 Å². The largest absolute Gasteiger partial charge is 0.380 e. The SMILES string of the molecule is COCc1cccc(C(=O)N2CCOC(c3ccccc3)C2)c1. The second-order valence-electron chi connectivity index (χ2n) is 5.65. The van der Waals surface area contributed by atoms with Gasteiger partial charge >= 0.3 is 0 Å². The first-order valence-corrected chi connectivity index (χ1v) is 7.81. The van der Waals surface area contributed by atoms with Gasteiger partial charge in [0, 0.05) is 19.2 Å². The predicted molar refractivity (Wildman–Crippen MR) is 88.2 cm³/mol. The highest BCUT2D eigenvalue weighted by atomic mass is 16.5. The molecule has 1 aliphatic heterocycles. The van der Waals surface area contributed by atoms with Crippen LogP contribution in [0.4, 0.5) is 0 Å². The molecule has 0 aliphatic carbocycles. The number of ether oxygens (including phenoxy) is 2. The van der Waals surface area contributed by atoms with Gasteiger partial charge in [0.25, 0.3) is 5.91 Å². The molecular formula is C19H21NO3. The average Bonchev–Trinajstić information content (AvgIpc) is 2.62. The molecule has 1 unspecified atom stereocenters. The molecule has 4 heteroatoms. The lowest BCUT2D eigenvalue weighted by Crippen LogP contribution is -2.42. The van der Waals surface area contributed by atoms with Crippen molar-refractivity contribution in [2.24, 2.45) is 0 Å². The lowest BCUT2D eigenvalue weighted by molar-refractivity contribution is -0.0228. The minimum atomic E-state index is -0.0592. The zero-order valence-electron chi connectivity index (χ0n) is 13.3. The predicted octanol–water partition coefficient (Wildman–Crippen LogP) is 3.05. The van der Waals surface area contributed by atoms with Crippen LogP contribution >= 0.6 is 0 Å². The van der Waals surface area contributed by atoms with Crippen molar-refractivity contribution in [1.29, 1.82) is 0 Å². The van der Waals surface area contributed by atoms with Crippen molar-refractivity contribution in [3.8, 4) is 0 Å². The molecule has 23 heavy (non-hydrogen) atoms. The molecule has 0 N–H and O–H groups in total. The lowest BCUT2D eigenvalue weighted by atomic mass is 10.1. The molecule has 2 aromatic carbocycles. The normalized spacial score (nSPS) is 18.0. The van der Waals surface area contributed by atoms with Crippen LogP contribution in [0.3, 0.4) is 0 Å². The Bertz CT molecular complexity index is 657. The summed E-state index contributed by atoms with van der Waals surface area (Å²) in [7, 11) is 1.65. The molecule has 1 fully saturated rings. The van der Waals surface area contributed by atoms with Gasteiger partial charge in [-0.25, -0.2) is 0 Å². The number of hydrogen-bond acceptors (Lipinski definition) is 3. The summed E-state index contributed by atoms with van der Waals surface area (Å²) in [5.41, 5.74) is 2.82.